The van der Waals surface area contributed by atoms with Gasteiger partial charge in [0.25, 0.3) is 0 Å². The van der Waals surface area contributed by atoms with Crippen molar-refractivity contribution in [3.05, 3.63) is 12.2 Å². The van der Waals surface area contributed by atoms with Crippen LogP contribution in [0.4, 0.5) is 0 Å². The highest BCUT2D eigenvalue weighted by molar-refractivity contribution is 4.92. The zero-order valence-corrected chi connectivity index (χ0v) is 7.96. The van der Waals surface area contributed by atoms with Crippen molar-refractivity contribution in [2.24, 2.45) is 0 Å². The topological polar surface area (TPSA) is 23.5 Å². The molecule has 0 rings (SSSR count). The van der Waals surface area contributed by atoms with Crippen molar-refractivity contribution in [3.63, 3.8) is 0 Å². The molecule has 0 aromatic carbocycles. The van der Waals surface area contributed by atoms with E-state index in [0.717, 1.165) is 12.1 Å². The van der Waals surface area contributed by atoms with E-state index in [4.69, 9.17) is 0 Å². The first-order valence-corrected chi connectivity index (χ1v) is 3.97. The van der Waals surface area contributed by atoms with Crippen LogP contribution < -0.4 is 0 Å². The van der Waals surface area contributed by atoms with Crippen LogP contribution in [0.5, 0.6) is 0 Å². The molecular formula is C9H19NO. The van der Waals surface area contributed by atoms with Gasteiger partial charge >= 0.3 is 0 Å². The summed E-state index contributed by atoms with van der Waals surface area (Å²) in [4.78, 5) is 2.09. The lowest BCUT2D eigenvalue weighted by Gasteiger charge is -2.26. The predicted octanol–water partition coefficient (Wildman–Crippen LogP) is 1.26. The summed E-state index contributed by atoms with van der Waals surface area (Å²) in [5, 5.41) is 9.23. The van der Waals surface area contributed by atoms with E-state index in [2.05, 4.69) is 11.5 Å². The minimum absolute atomic E-state index is 0.201. The normalized spacial score (nSPS) is 16.5. The van der Waals surface area contributed by atoms with E-state index >= 15 is 0 Å². The van der Waals surface area contributed by atoms with Crippen LogP contribution in [0, 0.1) is 0 Å². The fourth-order valence-electron chi connectivity index (χ4n) is 0.938. The lowest BCUT2D eigenvalue weighted by atomic mass is 10.2. The first-order chi connectivity index (χ1) is 4.95. The SMILES string of the molecule is C=C(C)CN(C)C(C)C(C)O. The van der Waals surface area contributed by atoms with Gasteiger partial charge in [-0.3, -0.25) is 4.90 Å². The van der Waals surface area contributed by atoms with E-state index in [0.29, 0.717) is 0 Å². The molecule has 0 aliphatic carbocycles. The van der Waals surface area contributed by atoms with E-state index in [1.165, 1.54) is 0 Å². The molecule has 2 unspecified atom stereocenters. The third-order valence-corrected chi connectivity index (χ3v) is 1.91. The van der Waals surface area contributed by atoms with Crippen LogP contribution >= 0.6 is 0 Å². The first kappa shape index (κ1) is 10.7. The van der Waals surface area contributed by atoms with E-state index < -0.39 is 0 Å². The van der Waals surface area contributed by atoms with Gasteiger partial charge in [-0.25, -0.2) is 0 Å². The maximum absolute atomic E-state index is 9.23. The molecule has 0 spiro atoms. The number of aliphatic hydroxyl groups is 1. The van der Waals surface area contributed by atoms with Crippen LogP contribution in [0.15, 0.2) is 12.2 Å². The Bertz CT molecular complexity index is 132. The molecule has 0 bridgehead atoms. The molecule has 0 heterocycles. The zero-order chi connectivity index (χ0) is 9.02. The molecule has 0 amide bonds. The largest absolute Gasteiger partial charge is 0.392 e. The zero-order valence-electron chi connectivity index (χ0n) is 7.96. The highest BCUT2D eigenvalue weighted by Crippen LogP contribution is 2.03. The van der Waals surface area contributed by atoms with E-state index in [-0.39, 0.29) is 12.1 Å². The van der Waals surface area contributed by atoms with Gasteiger partial charge in [0.05, 0.1) is 6.10 Å². The summed E-state index contributed by atoms with van der Waals surface area (Å²) >= 11 is 0. The molecule has 0 aromatic rings. The molecule has 2 heteroatoms. The van der Waals surface area contributed by atoms with Crippen LogP contribution in [0.2, 0.25) is 0 Å². The minimum atomic E-state index is -0.278. The third-order valence-electron chi connectivity index (χ3n) is 1.91. The number of hydrogen-bond donors (Lipinski definition) is 1. The van der Waals surface area contributed by atoms with E-state index in [9.17, 15) is 5.11 Å². The number of nitrogens with zero attached hydrogens (tertiary/aromatic N) is 1. The van der Waals surface area contributed by atoms with Gasteiger partial charge in [-0.05, 0) is 27.8 Å². The Morgan fingerprint density at radius 2 is 2.00 bits per heavy atom. The lowest BCUT2D eigenvalue weighted by molar-refractivity contribution is 0.0920. The molecule has 2 atom stereocenters. The summed E-state index contributed by atoms with van der Waals surface area (Å²) in [6, 6.07) is 0.201. The van der Waals surface area contributed by atoms with Gasteiger partial charge in [0.1, 0.15) is 0 Å². The second kappa shape index (κ2) is 4.52. The van der Waals surface area contributed by atoms with Crippen molar-refractivity contribution < 1.29 is 5.11 Å². The maximum Gasteiger partial charge on any atom is 0.0664 e. The van der Waals surface area contributed by atoms with E-state index in [1.807, 2.05) is 20.9 Å². The van der Waals surface area contributed by atoms with Crippen molar-refractivity contribution in [1.29, 1.82) is 0 Å². The van der Waals surface area contributed by atoms with Gasteiger partial charge in [-0.1, -0.05) is 12.2 Å². The molecule has 66 valence electrons. The van der Waals surface area contributed by atoms with Crippen LogP contribution in [0.3, 0.4) is 0 Å². The van der Waals surface area contributed by atoms with Crippen molar-refractivity contribution >= 4 is 0 Å². The Balaban J connectivity index is 3.82. The summed E-state index contributed by atoms with van der Waals surface area (Å²) in [6.07, 6.45) is -0.278. The van der Waals surface area contributed by atoms with Crippen molar-refractivity contribution in [2.45, 2.75) is 32.9 Å². The van der Waals surface area contributed by atoms with Crippen LogP contribution in [0.25, 0.3) is 0 Å². The van der Waals surface area contributed by atoms with Crippen molar-refractivity contribution in [3.8, 4) is 0 Å². The van der Waals surface area contributed by atoms with Crippen LogP contribution in [0.1, 0.15) is 20.8 Å². The van der Waals surface area contributed by atoms with Gasteiger partial charge in [0.15, 0.2) is 0 Å². The first-order valence-electron chi connectivity index (χ1n) is 3.97. The van der Waals surface area contributed by atoms with Gasteiger partial charge in [0, 0.05) is 12.6 Å². The minimum Gasteiger partial charge on any atom is -0.392 e. The van der Waals surface area contributed by atoms with Gasteiger partial charge in [-0.15, -0.1) is 0 Å². The molecule has 0 saturated heterocycles. The summed E-state index contributed by atoms with van der Waals surface area (Å²) in [6.45, 7) is 10.5. The van der Waals surface area contributed by atoms with Crippen molar-refractivity contribution in [2.75, 3.05) is 13.6 Å². The fourth-order valence-corrected chi connectivity index (χ4v) is 0.938. The Morgan fingerprint density at radius 3 is 2.27 bits per heavy atom. The lowest BCUT2D eigenvalue weighted by Crippen LogP contribution is -2.38. The average Bonchev–Trinajstić information content (AvgIpc) is 1.84. The predicted molar refractivity (Wildman–Crippen MR) is 48.6 cm³/mol. The molecule has 2 nitrogen and oxygen atoms in total. The molecule has 0 aliphatic heterocycles. The van der Waals surface area contributed by atoms with Gasteiger partial charge in [0.2, 0.25) is 0 Å². The molecule has 0 aliphatic rings. The highest BCUT2D eigenvalue weighted by atomic mass is 16.3. The Kier molecular flexibility index (Phi) is 4.38. The number of aliphatic hydroxyl groups excluding tert-OH is 1. The van der Waals surface area contributed by atoms with Gasteiger partial charge < -0.3 is 5.11 Å². The maximum atomic E-state index is 9.23. The van der Waals surface area contributed by atoms with Gasteiger partial charge in [-0.2, -0.15) is 0 Å². The standard InChI is InChI=1S/C9H19NO/c1-7(2)6-10(5)8(3)9(4)11/h8-9,11H,1,6H2,2-5H3. The van der Waals surface area contributed by atoms with E-state index in [1.54, 1.807) is 6.92 Å². The Morgan fingerprint density at radius 1 is 1.55 bits per heavy atom. The average molecular weight is 157 g/mol. The monoisotopic (exact) mass is 157 g/mol. The number of hydrogen-bond acceptors (Lipinski definition) is 2. The second-order valence-electron chi connectivity index (χ2n) is 3.35. The van der Waals surface area contributed by atoms with Crippen LogP contribution in [-0.4, -0.2) is 35.7 Å². The Hall–Kier alpha value is -0.340. The molecule has 1 N–H and O–H groups in total. The van der Waals surface area contributed by atoms with Crippen molar-refractivity contribution in [1.82, 2.24) is 4.90 Å². The quantitative estimate of drug-likeness (QED) is 0.621. The molecule has 0 aromatic heterocycles. The summed E-state index contributed by atoms with van der Waals surface area (Å²) in [5.74, 6) is 0. The molecule has 0 saturated carbocycles. The summed E-state index contributed by atoms with van der Waals surface area (Å²) in [7, 11) is 1.99. The highest BCUT2D eigenvalue weighted by Gasteiger charge is 2.13. The fraction of sp³-hybridized carbons (Fsp3) is 0.778. The summed E-state index contributed by atoms with van der Waals surface area (Å²) < 4.78 is 0. The smallest absolute Gasteiger partial charge is 0.0664 e. The molecule has 0 fully saturated rings. The number of likely N-dealkylation sites (N-methyl/N-ethyl adjacent to an activating group) is 1. The Labute approximate surface area is 69.5 Å². The summed E-state index contributed by atoms with van der Waals surface area (Å²) in [5.41, 5.74) is 1.13. The molecule has 0 radical (unpaired) electrons. The van der Waals surface area contributed by atoms with Crippen LogP contribution in [-0.2, 0) is 0 Å². The molecular weight excluding hydrogens is 138 g/mol. The third kappa shape index (κ3) is 4.17. The number of rotatable bonds is 4. The second-order valence-corrected chi connectivity index (χ2v) is 3.35. The molecule has 11 heavy (non-hydrogen) atoms.